The zero-order valence-electron chi connectivity index (χ0n) is 15.0. The SMILES string of the molecule is CC(=O)N1CCSc2ccc(S(=O)(=O)Nc3ccc(C(C)C)cc3)cc21. The van der Waals surface area contributed by atoms with Crippen LogP contribution in [-0.2, 0) is 14.8 Å². The molecular weight excluding hydrogens is 368 g/mol. The predicted molar refractivity (Wildman–Crippen MR) is 107 cm³/mol. The zero-order chi connectivity index (χ0) is 18.9. The predicted octanol–water partition coefficient (Wildman–Crippen LogP) is 4.07. The third kappa shape index (κ3) is 3.88. The molecule has 1 N–H and O–H groups in total. The van der Waals surface area contributed by atoms with Crippen molar-refractivity contribution in [3.63, 3.8) is 0 Å². The van der Waals surface area contributed by atoms with Crippen LogP contribution in [0.2, 0.25) is 0 Å². The Balaban J connectivity index is 1.90. The molecule has 7 heteroatoms. The van der Waals surface area contributed by atoms with Gasteiger partial charge in [-0.15, -0.1) is 11.8 Å². The molecule has 0 aliphatic carbocycles. The number of carbonyl (C=O) groups is 1. The molecule has 0 aromatic heterocycles. The summed E-state index contributed by atoms with van der Waals surface area (Å²) in [5.74, 6) is 1.11. The molecule has 0 atom stereocenters. The molecule has 138 valence electrons. The summed E-state index contributed by atoms with van der Waals surface area (Å²) < 4.78 is 28.1. The van der Waals surface area contributed by atoms with Gasteiger partial charge < -0.3 is 4.90 Å². The second-order valence-electron chi connectivity index (χ2n) is 6.53. The summed E-state index contributed by atoms with van der Waals surface area (Å²) in [5, 5.41) is 0. The number of sulfonamides is 1. The molecule has 0 saturated carbocycles. The van der Waals surface area contributed by atoms with Crippen LogP contribution in [0.1, 0.15) is 32.3 Å². The van der Waals surface area contributed by atoms with Crippen LogP contribution in [0.25, 0.3) is 0 Å². The Morgan fingerprint density at radius 2 is 1.85 bits per heavy atom. The van der Waals surface area contributed by atoms with Crippen molar-refractivity contribution < 1.29 is 13.2 Å². The van der Waals surface area contributed by atoms with Crippen molar-refractivity contribution >= 4 is 39.1 Å². The third-order valence-electron chi connectivity index (χ3n) is 4.31. The minimum Gasteiger partial charge on any atom is -0.311 e. The third-order valence-corrected chi connectivity index (χ3v) is 6.74. The Morgan fingerprint density at radius 3 is 2.46 bits per heavy atom. The van der Waals surface area contributed by atoms with Crippen LogP contribution in [0.4, 0.5) is 11.4 Å². The van der Waals surface area contributed by atoms with E-state index in [1.54, 1.807) is 47.0 Å². The molecule has 1 heterocycles. The minimum atomic E-state index is -3.73. The van der Waals surface area contributed by atoms with E-state index in [9.17, 15) is 13.2 Å². The van der Waals surface area contributed by atoms with Crippen LogP contribution < -0.4 is 9.62 Å². The van der Waals surface area contributed by atoms with Gasteiger partial charge in [0.05, 0.1) is 10.6 Å². The van der Waals surface area contributed by atoms with Gasteiger partial charge in [0.1, 0.15) is 0 Å². The van der Waals surface area contributed by atoms with Gasteiger partial charge in [0.25, 0.3) is 10.0 Å². The van der Waals surface area contributed by atoms with E-state index in [0.29, 0.717) is 23.8 Å². The molecule has 1 aliphatic heterocycles. The number of nitrogens with zero attached hydrogens (tertiary/aromatic N) is 1. The average Bonchev–Trinajstić information content (AvgIpc) is 2.60. The number of carbonyl (C=O) groups excluding carboxylic acids is 1. The lowest BCUT2D eigenvalue weighted by molar-refractivity contribution is -0.116. The fourth-order valence-corrected chi connectivity index (χ4v) is 4.90. The lowest BCUT2D eigenvalue weighted by Crippen LogP contribution is -2.33. The second kappa shape index (κ2) is 7.32. The van der Waals surface area contributed by atoms with Gasteiger partial charge in [0.2, 0.25) is 5.91 Å². The Hall–Kier alpha value is -1.99. The fourth-order valence-electron chi connectivity index (χ4n) is 2.84. The quantitative estimate of drug-likeness (QED) is 0.855. The Morgan fingerprint density at radius 1 is 1.15 bits per heavy atom. The molecule has 3 rings (SSSR count). The number of thioether (sulfide) groups is 1. The Labute approximate surface area is 158 Å². The molecule has 0 bridgehead atoms. The van der Waals surface area contributed by atoms with E-state index in [4.69, 9.17) is 0 Å². The summed E-state index contributed by atoms with van der Waals surface area (Å²) >= 11 is 1.63. The molecule has 0 saturated heterocycles. The maximum absolute atomic E-state index is 12.8. The van der Waals surface area contributed by atoms with E-state index in [-0.39, 0.29) is 10.8 Å². The van der Waals surface area contributed by atoms with Crippen LogP contribution in [0.3, 0.4) is 0 Å². The highest BCUT2D eigenvalue weighted by molar-refractivity contribution is 7.99. The number of hydrogen-bond donors (Lipinski definition) is 1. The summed E-state index contributed by atoms with van der Waals surface area (Å²) in [4.78, 5) is 14.6. The first-order valence-electron chi connectivity index (χ1n) is 8.45. The number of nitrogens with one attached hydrogen (secondary N) is 1. The van der Waals surface area contributed by atoms with Gasteiger partial charge in [0, 0.05) is 29.8 Å². The monoisotopic (exact) mass is 390 g/mol. The van der Waals surface area contributed by atoms with Crippen LogP contribution in [0, 0.1) is 0 Å². The summed E-state index contributed by atoms with van der Waals surface area (Å²) in [7, 11) is -3.73. The lowest BCUT2D eigenvalue weighted by Gasteiger charge is -2.28. The van der Waals surface area contributed by atoms with Gasteiger partial charge in [-0.25, -0.2) is 8.42 Å². The van der Waals surface area contributed by atoms with Gasteiger partial charge in [-0.2, -0.15) is 0 Å². The summed E-state index contributed by atoms with van der Waals surface area (Å²) in [6.45, 7) is 6.26. The van der Waals surface area contributed by atoms with Crippen molar-refractivity contribution in [2.75, 3.05) is 21.9 Å². The molecule has 2 aromatic rings. The van der Waals surface area contributed by atoms with Crippen LogP contribution in [-0.4, -0.2) is 26.6 Å². The molecule has 0 unspecified atom stereocenters. The van der Waals surface area contributed by atoms with E-state index in [2.05, 4.69) is 18.6 Å². The van der Waals surface area contributed by atoms with Crippen molar-refractivity contribution in [2.45, 2.75) is 36.5 Å². The topological polar surface area (TPSA) is 66.5 Å². The van der Waals surface area contributed by atoms with Gasteiger partial charge in [-0.05, 0) is 41.8 Å². The largest absolute Gasteiger partial charge is 0.311 e. The minimum absolute atomic E-state index is 0.0849. The van der Waals surface area contributed by atoms with Gasteiger partial charge in [-0.3, -0.25) is 9.52 Å². The van der Waals surface area contributed by atoms with Gasteiger partial charge in [0.15, 0.2) is 0 Å². The van der Waals surface area contributed by atoms with Gasteiger partial charge in [-0.1, -0.05) is 26.0 Å². The molecule has 0 radical (unpaired) electrons. The summed E-state index contributed by atoms with van der Waals surface area (Å²) in [6.07, 6.45) is 0. The molecule has 1 aliphatic rings. The number of fused-ring (bicyclic) bond motifs is 1. The van der Waals surface area contributed by atoms with Crippen molar-refractivity contribution in [3.05, 3.63) is 48.0 Å². The summed E-state index contributed by atoms with van der Waals surface area (Å²) in [6, 6.07) is 12.3. The van der Waals surface area contributed by atoms with E-state index in [0.717, 1.165) is 16.2 Å². The van der Waals surface area contributed by atoms with E-state index in [1.807, 2.05) is 12.1 Å². The Kier molecular flexibility index (Phi) is 5.29. The number of anilines is 2. The fraction of sp³-hybridized carbons (Fsp3) is 0.316. The first-order valence-corrected chi connectivity index (χ1v) is 10.9. The standard InChI is InChI=1S/C19H22N2O3S2/c1-13(2)15-4-6-16(7-5-15)20-26(23,24)17-8-9-19-18(12-17)21(14(3)22)10-11-25-19/h4-9,12-13,20H,10-11H2,1-3H3. The maximum atomic E-state index is 12.8. The van der Waals surface area contributed by atoms with Crippen molar-refractivity contribution in [1.82, 2.24) is 0 Å². The smallest absolute Gasteiger partial charge is 0.261 e. The van der Waals surface area contributed by atoms with Crippen LogP contribution in [0.15, 0.2) is 52.3 Å². The van der Waals surface area contributed by atoms with E-state index < -0.39 is 10.0 Å². The summed E-state index contributed by atoms with van der Waals surface area (Å²) in [5.41, 5.74) is 2.33. The first kappa shape index (κ1) is 18.8. The molecule has 26 heavy (non-hydrogen) atoms. The Bertz CT molecular complexity index is 922. The normalized spacial score (nSPS) is 14.2. The first-order chi connectivity index (χ1) is 12.3. The zero-order valence-corrected chi connectivity index (χ0v) is 16.7. The highest BCUT2D eigenvalue weighted by Gasteiger charge is 2.24. The maximum Gasteiger partial charge on any atom is 0.261 e. The number of hydrogen-bond acceptors (Lipinski definition) is 4. The average molecular weight is 391 g/mol. The van der Waals surface area contributed by atoms with E-state index in [1.165, 1.54) is 6.92 Å². The molecule has 1 amide bonds. The van der Waals surface area contributed by atoms with Crippen molar-refractivity contribution in [3.8, 4) is 0 Å². The van der Waals surface area contributed by atoms with Crippen LogP contribution >= 0.6 is 11.8 Å². The van der Waals surface area contributed by atoms with Gasteiger partial charge >= 0.3 is 0 Å². The van der Waals surface area contributed by atoms with Crippen molar-refractivity contribution in [2.24, 2.45) is 0 Å². The van der Waals surface area contributed by atoms with Crippen LogP contribution in [0.5, 0.6) is 0 Å². The number of amides is 1. The molecule has 2 aromatic carbocycles. The highest BCUT2D eigenvalue weighted by Crippen LogP contribution is 2.36. The molecule has 0 fully saturated rings. The highest BCUT2D eigenvalue weighted by atomic mass is 32.2. The number of benzene rings is 2. The van der Waals surface area contributed by atoms with E-state index >= 15 is 0 Å². The second-order valence-corrected chi connectivity index (χ2v) is 9.35. The van der Waals surface area contributed by atoms with Crippen molar-refractivity contribution in [1.29, 1.82) is 0 Å². The number of rotatable bonds is 4. The molecule has 5 nitrogen and oxygen atoms in total. The molecular formula is C19H22N2O3S2. The molecule has 0 spiro atoms. The lowest BCUT2D eigenvalue weighted by atomic mass is 10.0.